The van der Waals surface area contributed by atoms with Gasteiger partial charge in [-0.15, -0.1) is 0 Å². The van der Waals surface area contributed by atoms with Crippen LogP contribution >= 0.6 is 11.6 Å². The van der Waals surface area contributed by atoms with Crippen LogP contribution in [0, 0.1) is 5.92 Å². The van der Waals surface area contributed by atoms with Crippen LogP contribution in [0.5, 0.6) is 0 Å². The lowest BCUT2D eigenvalue weighted by atomic mass is 9.95. The van der Waals surface area contributed by atoms with Crippen LogP contribution in [0.2, 0.25) is 5.02 Å². The van der Waals surface area contributed by atoms with Crippen LogP contribution in [0.25, 0.3) is 0 Å². The normalized spacial score (nSPS) is 12.9. The predicted octanol–water partition coefficient (Wildman–Crippen LogP) is 3.87. The van der Waals surface area contributed by atoms with Crippen LogP contribution in [0.15, 0.2) is 53.4 Å². The highest BCUT2D eigenvalue weighted by molar-refractivity contribution is 7.90. The van der Waals surface area contributed by atoms with Gasteiger partial charge in [-0.1, -0.05) is 55.8 Å². The summed E-state index contributed by atoms with van der Waals surface area (Å²) < 4.78 is 23.5. The fraction of sp³-hybridized carbons (Fsp3) is 0.278. The third-order valence-corrected chi connectivity index (χ3v) is 5.28. The van der Waals surface area contributed by atoms with Gasteiger partial charge < -0.3 is 5.32 Å². The molecule has 0 radical (unpaired) electrons. The van der Waals surface area contributed by atoms with Gasteiger partial charge in [-0.3, -0.25) is 4.79 Å². The van der Waals surface area contributed by atoms with Crippen molar-refractivity contribution in [3.63, 3.8) is 0 Å². The highest BCUT2D eigenvalue weighted by Gasteiger charge is 2.21. The van der Waals surface area contributed by atoms with E-state index in [1.165, 1.54) is 18.2 Å². The molecule has 2 aromatic rings. The van der Waals surface area contributed by atoms with Crippen molar-refractivity contribution in [2.75, 3.05) is 6.26 Å². The zero-order valence-corrected chi connectivity index (χ0v) is 15.4. The molecule has 2 rings (SSSR count). The molecule has 128 valence electrons. The summed E-state index contributed by atoms with van der Waals surface area (Å²) in [6.07, 6.45) is 1.07. The van der Waals surface area contributed by atoms with E-state index >= 15 is 0 Å². The number of hydrogen-bond donors (Lipinski definition) is 1. The highest BCUT2D eigenvalue weighted by atomic mass is 35.5. The fourth-order valence-electron chi connectivity index (χ4n) is 2.45. The molecule has 2 aromatic carbocycles. The Balaban J connectivity index is 2.32. The third-order valence-electron chi connectivity index (χ3n) is 3.70. The average molecular weight is 366 g/mol. The van der Waals surface area contributed by atoms with Crippen molar-refractivity contribution in [1.29, 1.82) is 0 Å². The maximum absolute atomic E-state index is 12.6. The van der Waals surface area contributed by atoms with E-state index in [0.717, 1.165) is 11.8 Å². The summed E-state index contributed by atoms with van der Waals surface area (Å²) in [5.41, 5.74) is 1.26. The van der Waals surface area contributed by atoms with Gasteiger partial charge in [-0.05, 0) is 29.7 Å². The Kier molecular flexibility index (Phi) is 5.67. The van der Waals surface area contributed by atoms with Gasteiger partial charge in [-0.2, -0.15) is 0 Å². The van der Waals surface area contributed by atoms with E-state index in [9.17, 15) is 13.2 Å². The van der Waals surface area contributed by atoms with Gasteiger partial charge in [0.1, 0.15) is 0 Å². The molecule has 0 saturated heterocycles. The number of nitrogens with one attached hydrogen (secondary N) is 1. The van der Waals surface area contributed by atoms with E-state index < -0.39 is 9.84 Å². The first kappa shape index (κ1) is 18.5. The first-order valence-electron chi connectivity index (χ1n) is 7.55. The zero-order chi connectivity index (χ0) is 17.9. The second kappa shape index (κ2) is 7.36. The third kappa shape index (κ3) is 4.36. The minimum atomic E-state index is -3.50. The second-order valence-electron chi connectivity index (χ2n) is 6.02. The number of hydrogen-bond acceptors (Lipinski definition) is 3. The van der Waals surface area contributed by atoms with E-state index in [2.05, 4.69) is 5.32 Å². The van der Waals surface area contributed by atoms with Crippen LogP contribution in [-0.2, 0) is 9.84 Å². The Morgan fingerprint density at radius 1 is 1.08 bits per heavy atom. The molecular weight excluding hydrogens is 346 g/mol. The Bertz CT molecular complexity index is 833. The van der Waals surface area contributed by atoms with Gasteiger partial charge in [0.15, 0.2) is 9.84 Å². The van der Waals surface area contributed by atoms with E-state index in [1.54, 1.807) is 0 Å². The Hall–Kier alpha value is -1.85. The zero-order valence-electron chi connectivity index (χ0n) is 13.8. The molecule has 0 bridgehead atoms. The number of carbonyl (C=O) groups excluding carboxylic acids is 1. The molecule has 1 unspecified atom stereocenters. The number of halogens is 1. The molecule has 0 aliphatic heterocycles. The maximum Gasteiger partial charge on any atom is 0.251 e. The minimum absolute atomic E-state index is 0.0439. The topological polar surface area (TPSA) is 63.2 Å². The smallest absolute Gasteiger partial charge is 0.251 e. The molecule has 0 spiro atoms. The van der Waals surface area contributed by atoms with E-state index in [1.807, 2.05) is 44.2 Å². The molecule has 0 fully saturated rings. The van der Waals surface area contributed by atoms with Gasteiger partial charge in [0.05, 0.1) is 16.0 Å². The van der Waals surface area contributed by atoms with Crippen LogP contribution < -0.4 is 5.32 Å². The van der Waals surface area contributed by atoms with Crippen molar-refractivity contribution in [3.05, 3.63) is 64.7 Å². The first-order valence-corrected chi connectivity index (χ1v) is 9.82. The molecule has 0 aromatic heterocycles. The molecule has 1 amide bonds. The molecule has 0 aliphatic rings. The number of amides is 1. The standard InChI is InChI=1S/C18H20ClNO3S/c1-12(2)17(13-7-5-4-6-8-13)20-18(21)14-9-10-15(19)16(11-14)24(3,22)23/h4-12,17H,1-3H3,(H,20,21). The molecule has 4 nitrogen and oxygen atoms in total. The molecule has 1 N–H and O–H groups in total. The van der Waals surface area contributed by atoms with Crippen molar-refractivity contribution in [1.82, 2.24) is 5.32 Å². The second-order valence-corrected chi connectivity index (χ2v) is 8.41. The lowest BCUT2D eigenvalue weighted by Crippen LogP contribution is -2.31. The summed E-state index contributed by atoms with van der Waals surface area (Å²) in [4.78, 5) is 12.5. The van der Waals surface area contributed by atoms with Gasteiger partial charge in [0, 0.05) is 11.8 Å². The monoisotopic (exact) mass is 365 g/mol. The lowest BCUT2D eigenvalue weighted by Gasteiger charge is -2.23. The predicted molar refractivity (Wildman–Crippen MR) is 96.0 cm³/mol. The van der Waals surface area contributed by atoms with Crippen molar-refractivity contribution >= 4 is 27.3 Å². The Morgan fingerprint density at radius 3 is 2.25 bits per heavy atom. The van der Waals surface area contributed by atoms with Gasteiger partial charge in [-0.25, -0.2) is 8.42 Å². The largest absolute Gasteiger partial charge is 0.345 e. The number of carbonyl (C=O) groups is 1. The molecular formula is C18H20ClNO3S. The maximum atomic E-state index is 12.6. The van der Waals surface area contributed by atoms with E-state index in [-0.39, 0.29) is 33.3 Å². The molecule has 0 aliphatic carbocycles. The molecule has 0 heterocycles. The van der Waals surface area contributed by atoms with Gasteiger partial charge in [0.2, 0.25) is 0 Å². The van der Waals surface area contributed by atoms with Crippen molar-refractivity contribution < 1.29 is 13.2 Å². The highest BCUT2D eigenvalue weighted by Crippen LogP contribution is 2.25. The number of benzene rings is 2. The quantitative estimate of drug-likeness (QED) is 0.874. The van der Waals surface area contributed by atoms with Crippen molar-refractivity contribution in [2.24, 2.45) is 5.92 Å². The summed E-state index contributed by atoms with van der Waals surface area (Å²) in [7, 11) is -3.50. The van der Waals surface area contributed by atoms with Gasteiger partial charge >= 0.3 is 0 Å². The number of rotatable bonds is 5. The van der Waals surface area contributed by atoms with Crippen LogP contribution in [0.3, 0.4) is 0 Å². The Morgan fingerprint density at radius 2 is 1.71 bits per heavy atom. The summed E-state index contributed by atoms with van der Waals surface area (Å²) in [6.45, 7) is 4.03. The summed E-state index contributed by atoms with van der Waals surface area (Å²) in [5.74, 6) is -0.155. The van der Waals surface area contributed by atoms with Crippen molar-refractivity contribution in [3.8, 4) is 0 Å². The minimum Gasteiger partial charge on any atom is -0.345 e. The van der Waals surface area contributed by atoms with Crippen LogP contribution in [0.4, 0.5) is 0 Å². The summed E-state index contributed by atoms with van der Waals surface area (Å²) in [6, 6.07) is 13.8. The average Bonchev–Trinajstić information content (AvgIpc) is 2.52. The molecule has 1 atom stereocenters. The molecule has 6 heteroatoms. The summed E-state index contributed by atoms with van der Waals surface area (Å²) in [5, 5.41) is 3.08. The van der Waals surface area contributed by atoms with Crippen molar-refractivity contribution in [2.45, 2.75) is 24.8 Å². The summed E-state index contributed by atoms with van der Waals surface area (Å²) >= 11 is 5.93. The first-order chi connectivity index (χ1) is 11.2. The van der Waals surface area contributed by atoms with Gasteiger partial charge in [0.25, 0.3) is 5.91 Å². The fourth-order valence-corrected chi connectivity index (χ4v) is 3.75. The number of sulfone groups is 1. The van der Waals surface area contributed by atoms with Crippen LogP contribution in [-0.4, -0.2) is 20.6 Å². The van der Waals surface area contributed by atoms with E-state index in [4.69, 9.17) is 11.6 Å². The SMILES string of the molecule is CC(C)C(NC(=O)c1ccc(Cl)c(S(C)(=O)=O)c1)c1ccccc1. The van der Waals surface area contributed by atoms with E-state index in [0.29, 0.717) is 0 Å². The lowest BCUT2D eigenvalue weighted by molar-refractivity contribution is 0.0925. The van der Waals surface area contributed by atoms with Crippen LogP contribution in [0.1, 0.15) is 35.8 Å². The molecule has 24 heavy (non-hydrogen) atoms. The molecule has 0 saturated carbocycles. The Labute approximate surface area is 147 Å².